The van der Waals surface area contributed by atoms with Crippen LogP contribution in [0.25, 0.3) is 0 Å². The monoisotopic (exact) mass is 471 g/mol. The van der Waals surface area contributed by atoms with Crippen LogP contribution >= 0.6 is 0 Å². The van der Waals surface area contributed by atoms with Gasteiger partial charge in [0.05, 0.1) is 0 Å². The molecule has 1 aliphatic rings. The molecule has 35 heavy (non-hydrogen) atoms. The molecule has 182 valence electrons. The molecule has 3 aromatic rings. The Labute approximate surface area is 207 Å². The van der Waals surface area contributed by atoms with Crippen LogP contribution in [0.1, 0.15) is 35.2 Å². The minimum atomic E-state index is -0.314. The van der Waals surface area contributed by atoms with Crippen molar-refractivity contribution < 1.29 is 14.3 Å². The summed E-state index contributed by atoms with van der Waals surface area (Å²) in [6, 6.07) is 26.4. The minimum Gasteiger partial charge on any atom is -0.410 e. The first-order valence-corrected chi connectivity index (χ1v) is 12.2. The normalized spacial score (nSPS) is 14.1. The topological polar surface area (TPSA) is 61.9 Å². The highest BCUT2D eigenvalue weighted by Gasteiger charge is 2.24. The van der Waals surface area contributed by atoms with Gasteiger partial charge < -0.3 is 19.9 Å². The number of nitrogens with one attached hydrogen (secondary N) is 1. The van der Waals surface area contributed by atoms with E-state index < -0.39 is 0 Å². The van der Waals surface area contributed by atoms with Gasteiger partial charge in [0.15, 0.2) is 0 Å². The van der Waals surface area contributed by atoms with Crippen molar-refractivity contribution in [3.05, 3.63) is 96.1 Å². The number of rotatable bonds is 8. The molecule has 1 saturated heterocycles. The molecule has 0 bridgehead atoms. The number of nitrogens with zero attached hydrogens (tertiary/aromatic N) is 2. The number of ether oxygens (including phenoxy) is 1. The van der Waals surface area contributed by atoms with Gasteiger partial charge in [0.1, 0.15) is 5.75 Å². The molecular weight excluding hydrogens is 438 g/mol. The highest BCUT2D eigenvalue weighted by atomic mass is 16.6. The van der Waals surface area contributed by atoms with Gasteiger partial charge in [-0.15, -0.1) is 0 Å². The smallest absolute Gasteiger partial charge is 0.410 e. The Kier molecular flexibility index (Phi) is 8.52. The molecule has 0 unspecified atom stereocenters. The molecule has 1 fully saturated rings. The van der Waals surface area contributed by atoms with Crippen LogP contribution < -0.4 is 10.1 Å². The lowest BCUT2D eigenvalue weighted by Crippen LogP contribution is -2.40. The second-order valence-electron chi connectivity index (χ2n) is 9.15. The zero-order chi connectivity index (χ0) is 24.5. The van der Waals surface area contributed by atoms with Crippen molar-refractivity contribution in [1.82, 2.24) is 9.80 Å². The number of carbonyl (C=O) groups is 2. The maximum absolute atomic E-state index is 12.6. The van der Waals surface area contributed by atoms with E-state index in [1.807, 2.05) is 24.3 Å². The van der Waals surface area contributed by atoms with Crippen molar-refractivity contribution in [3.63, 3.8) is 0 Å². The van der Waals surface area contributed by atoms with Crippen LogP contribution in [0.2, 0.25) is 0 Å². The predicted octanol–water partition coefficient (Wildman–Crippen LogP) is 5.67. The van der Waals surface area contributed by atoms with Crippen molar-refractivity contribution in [3.8, 4) is 5.75 Å². The van der Waals surface area contributed by atoms with Crippen LogP contribution in [0, 0.1) is 5.92 Å². The number of benzene rings is 3. The maximum atomic E-state index is 12.6. The van der Waals surface area contributed by atoms with Gasteiger partial charge in [-0.1, -0.05) is 48.5 Å². The minimum absolute atomic E-state index is 0.176. The molecule has 0 aromatic heterocycles. The van der Waals surface area contributed by atoms with Crippen LogP contribution in [0.5, 0.6) is 5.75 Å². The molecule has 0 saturated carbocycles. The summed E-state index contributed by atoms with van der Waals surface area (Å²) < 4.78 is 5.56. The molecule has 2 amide bonds. The highest BCUT2D eigenvalue weighted by Crippen LogP contribution is 2.23. The summed E-state index contributed by atoms with van der Waals surface area (Å²) in [6.07, 6.45) is 2.82. The summed E-state index contributed by atoms with van der Waals surface area (Å²) in [4.78, 5) is 29.0. The number of piperidine rings is 1. The van der Waals surface area contributed by atoms with E-state index in [9.17, 15) is 9.59 Å². The fourth-order valence-corrected chi connectivity index (χ4v) is 4.35. The standard InChI is InChI=1S/C29H33N3O3/c1-31(22-24-8-4-2-5-9-24)19-16-23-17-20-32(21-18-23)29(34)35-27-14-12-26(13-15-27)30-28(33)25-10-6-3-7-11-25/h2-15,23H,16-22H2,1H3,(H,30,33). The number of hydrogen-bond donors (Lipinski definition) is 1. The van der Waals surface area contributed by atoms with E-state index in [1.54, 1.807) is 41.3 Å². The Morgan fingerprint density at radius 3 is 2.20 bits per heavy atom. The highest BCUT2D eigenvalue weighted by molar-refractivity contribution is 6.04. The first-order chi connectivity index (χ1) is 17.1. The molecule has 0 aliphatic carbocycles. The van der Waals surface area contributed by atoms with Crippen LogP contribution in [0.15, 0.2) is 84.9 Å². The Morgan fingerprint density at radius 2 is 1.54 bits per heavy atom. The third kappa shape index (κ3) is 7.42. The third-order valence-corrected chi connectivity index (χ3v) is 6.44. The second-order valence-corrected chi connectivity index (χ2v) is 9.15. The fraction of sp³-hybridized carbons (Fsp3) is 0.310. The molecule has 0 spiro atoms. The summed E-state index contributed by atoms with van der Waals surface area (Å²) in [5, 5.41) is 2.85. The maximum Gasteiger partial charge on any atom is 0.415 e. The number of amides is 2. The number of likely N-dealkylation sites (tertiary alicyclic amines) is 1. The van der Waals surface area contributed by atoms with Gasteiger partial charge in [0.25, 0.3) is 5.91 Å². The van der Waals surface area contributed by atoms with E-state index in [4.69, 9.17) is 4.74 Å². The van der Waals surface area contributed by atoms with Crippen LogP contribution in [0.3, 0.4) is 0 Å². The molecule has 1 N–H and O–H groups in total. The molecule has 6 nitrogen and oxygen atoms in total. The van der Waals surface area contributed by atoms with Crippen molar-refractivity contribution >= 4 is 17.7 Å². The van der Waals surface area contributed by atoms with Crippen molar-refractivity contribution in [2.24, 2.45) is 5.92 Å². The number of anilines is 1. The molecular formula is C29H33N3O3. The molecule has 0 radical (unpaired) electrons. The zero-order valence-electron chi connectivity index (χ0n) is 20.2. The molecule has 6 heteroatoms. The molecule has 1 aliphatic heterocycles. The zero-order valence-corrected chi connectivity index (χ0v) is 20.2. The fourth-order valence-electron chi connectivity index (χ4n) is 4.35. The second kappa shape index (κ2) is 12.2. The van der Waals surface area contributed by atoms with E-state index in [0.717, 1.165) is 45.4 Å². The lowest BCUT2D eigenvalue weighted by molar-refractivity contribution is 0.102. The van der Waals surface area contributed by atoms with Gasteiger partial charge in [-0.3, -0.25) is 4.79 Å². The predicted molar refractivity (Wildman–Crippen MR) is 139 cm³/mol. The van der Waals surface area contributed by atoms with Gasteiger partial charge in [-0.05, 0) is 80.7 Å². The van der Waals surface area contributed by atoms with E-state index in [-0.39, 0.29) is 12.0 Å². The first kappa shape index (κ1) is 24.5. The quantitative estimate of drug-likeness (QED) is 0.460. The molecule has 4 rings (SSSR count). The average molecular weight is 472 g/mol. The number of carbonyl (C=O) groups excluding carboxylic acids is 2. The Balaban J connectivity index is 1.17. The molecule has 0 atom stereocenters. The third-order valence-electron chi connectivity index (χ3n) is 6.44. The van der Waals surface area contributed by atoms with Gasteiger partial charge >= 0.3 is 6.09 Å². The summed E-state index contributed by atoms with van der Waals surface area (Å²) in [7, 11) is 2.16. The van der Waals surface area contributed by atoms with E-state index in [2.05, 4.69) is 41.5 Å². The average Bonchev–Trinajstić information content (AvgIpc) is 2.90. The lowest BCUT2D eigenvalue weighted by Gasteiger charge is -2.32. The van der Waals surface area contributed by atoms with Gasteiger partial charge in [-0.2, -0.15) is 0 Å². The van der Waals surface area contributed by atoms with Gasteiger partial charge in [0.2, 0.25) is 0 Å². The Hall–Kier alpha value is -3.64. The van der Waals surface area contributed by atoms with E-state index in [0.29, 0.717) is 22.9 Å². The van der Waals surface area contributed by atoms with E-state index in [1.165, 1.54) is 5.56 Å². The summed E-state index contributed by atoms with van der Waals surface area (Å²) >= 11 is 0. The van der Waals surface area contributed by atoms with Crippen LogP contribution in [-0.2, 0) is 6.54 Å². The van der Waals surface area contributed by atoms with Crippen LogP contribution in [-0.4, -0.2) is 48.5 Å². The van der Waals surface area contributed by atoms with Crippen molar-refractivity contribution in [2.75, 3.05) is 32.0 Å². The summed E-state index contributed by atoms with van der Waals surface area (Å²) in [5.74, 6) is 0.923. The van der Waals surface area contributed by atoms with Gasteiger partial charge in [-0.25, -0.2) is 4.79 Å². The summed E-state index contributed by atoms with van der Waals surface area (Å²) in [6.45, 7) is 3.45. The van der Waals surface area contributed by atoms with E-state index >= 15 is 0 Å². The summed E-state index contributed by atoms with van der Waals surface area (Å²) in [5.41, 5.74) is 2.57. The molecule has 1 heterocycles. The largest absolute Gasteiger partial charge is 0.415 e. The Morgan fingerprint density at radius 1 is 0.914 bits per heavy atom. The Bertz CT molecular complexity index is 1080. The van der Waals surface area contributed by atoms with Crippen molar-refractivity contribution in [1.29, 1.82) is 0 Å². The van der Waals surface area contributed by atoms with Crippen molar-refractivity contribution in [2.45, 2.75) is 25.8 Å². The number of hydrogen-bond acceptors (Lipinski definition) is 4. The molecule has 3 aromatic carbocycles. The van der Waals surface area contributed by atoms with Crippen LogP contribution in [0.4, 0.5) is 10.5 Å². The van der Waals surface area contributed by atoms with Gasteiger partial charge in [0, 0.05) is 30.9 Å². The lowest BCUT2D eigenvalue weighted by atomic mass is 9.93. The SMILES string of the molecule is CN(CCC1CCN(C(=O)Oc2ccc(NC(=O)c3ccccc3)cc2)CC1)Cc1ccccc1. The first-order valence-electron chi connectivity index (χ1n) is 12.2.